The molecule has 0 amide bonds. The average Bonchev–Trinajstić information content (AvgIpc) is 3.85. The minimum atomic E-state index is 0.577. The Labute approximate surface area is 284 Å². The zero-order chi connectivity index (χ0) is 32.1. The van der Waals surface area contributed by atoms with Crippen LogP contribution >= 0.6 is 11.3 Å². The van der Waals surface area contributed by atoms with Gasteiger partial charge in [0, 0.05) is 37.2 Å². The molecule has 0 N–H and O–H groups in total. The Morgan fingerprint density at radius 3 is 1.90 bits per heavy atom. The highest BCUT2D eigenvalue weighted by molar-refractivity contribution is 7.27. The molecule has 11 aromatic rings. The molecule has 0 saturated heterocycles. The van der Waals surface area contributed by atoms with E-state index in [1.54, 1.807) is 0 Å². The number of hydrogen-bond donors (Lipinski definition) is 0. The van der Waals surface area contributed by atoms with Crippen LogP contribution in [0.15, 0.2) is 156 Å². The Morgan fingerprint density at radius 2 is 1.08 bits per heavy atom. The highest BCUT2D eigenvalue weighted by atomic mass is 32.1. The molecule has 228 valence electrons. The molecule has 0 aliphatic carbocycles. The van der Waals surface area contributed by atoms with E-state index in [9.17, 15) is 0 Å². The van der Waals surface area contributed by atoms with E-state index in [-0.39, 0.29) is 0 Å². The van der Waals surface area contributed by atoms with Gasteiger partial charge in [0.15, 0.2) is 0 Å². The molecule has 4 heterocycles. The minimum Gasteiger partial charge on any atom is -0.437 e. The molecule has 0 bridgehead atoms. The van der Waals surface area contributed by atoms with Crippen LogP contribution < -0.4 is 0 Å². The van der Waals surface area contributed by atoms with Gasteiger partial charge in [-0.25, -0.2) is 4.98 Å². The molecule has 7 aromatic carbocycles. The third kappa shape index (κ3) is 3.79. The van der Waals surface area contributed by atoms with Crippen LogP contribution in [0.4, 0.5) is 0 Å². The number of aromatic nitrogens is 3. The Morgan fingerprint density at radius 1 is 0.469 bits per heavy atom. The maximum Gasteiger partial charge on any atom is 0.238 e. The van der Waals surface area contributed by atoms with Gasteiger partial charge in [-0.1, -0.05) is 133 Å². The topological polar surface area (TPSA) is 43.9 Å². The molecule has 11 rings (SSSR count). The number of fused-ring (bicyclic) bond motifs is 13. The summed E-state index contributed by atoms with van der Waals surface area (Å²) in [7, 11) is 0. The lowest BCUT2D eigenvalue weighted by atomic mass is 9.99. The Balaban J connectivity index is 1.29. The molecule has 5 heteroatoms. The first-order valence-electron chi connectivity index (χ1n) is 16.4. The zero-order valence-electron chi connectivity index (χ0n) is 26.1. The lowest BCUT2D eigenvalue weighted by Crippen LogP contribution is -2.03. The summed E-state index contributed by atoms with van der Waals surface area (Å²) in [5.74, 6) is 0.592. The molecular weight excluding hydrogens is 619 g/mol. The normalized spacial score (nSPS) is 12.1. The van der Waals surface area contributed by atoms with Gasteiger partial charge in [-0.05, 0) is 40.1 Å². The lowest BCUT2D eigenvalue weighted by molar-refractivity contribution is 0.651. The number of benzene rings is 7. The summed E-state index contributed by atoms with van der Waals surface area (Å²) in [6.45, 7) is 0. The van der Waals surface area contributed by atoms with Gasteiger partial charge in [-0.3, -0.25) is 4.57 Å². The fourth-order valence-electron chi connectivity index (χ4n) is 7.71. The molecule has 0 unspecified atom stereocenters. The van der Waals surface area contributed by atoms with Gasteiger partial charge >= 0.3 is 0 Å². The van der Waals surface area contributed by atoms with E-state index in [0.29, 0.717) is 11.7 Å². The summed E-state index contributed by atoms with van der Waals surface area (Å²) in [5.41, 5.74) is 7.76. The molecule has 0 radical (unpaired) electrons. The van der Waals surface area contributed by atoms with E-state index in [0.717, 1.165) is 44.2 Å². The zero-order valence-corrected chi connectivity index (χ0v) is 26.9. The number of thiophene rings is 1. The molecule has 0 saturated carbocycles. The van der Waals surface area contributed by atoms with Crippen molar-refractivity contribution in [2.24, 2.45) is 0 Å². The number of nitrogens with zero attached hydrogens (tertiary/aromatic N) is 3. The van der Waals surface area contributed by atoms with Crippen molar-refractivity contribution < 1.29 is 4.42 Å². The molecule has 0 spiro atoms. The number of furan rings is 1. The molecule has 0 aliphatic heterocycles. The fourth-order valence-corrected chi connectivity index (χ4v) is 8.96. The predicted octanol–water partition coefficient (Wildman–Crippen LogP) is 12.3. The highest BCUT2D eigenvalue weighted by Gasteiger charge is 2.25. The summed E-state index contributed by atoms with van der Waals surface area (Å²) in [5, 5.41) is 9.35. The van der Waals surface area contributed by atoms with E-state index >= 15 is 0 Å². The van der Waals surface area contributed by atoms with E-state index in [2.05, 4.69) is 132 Å². The number of rotatable bonds is 3. The summed E-state index contributed by atoms with van der Waals surface area (Å²) < 4.78 is 11.3. The van der Waals surface area contributed by atoms with E-state index in [1.807, 2.05) is 35.6 Å². The van der Waals surface area contributed by atoms with Crippen LogP contribution in [0.2, 0.25) is 0 Å². The van der Waals surface area contributed by atoms with Gasteiger partial charge in [0.25, 0.3) is 0 Å². The van der Waals surface area contributed by atoms with Gasteiger partial charge in [0.05, 0.1) is 26.8 Å². The van der Waals surface area contributed by atoms with Crippen LogP contribution in [-0.2, 0) is 0 Å². The third-order valence-electron chi connectivity index (χ3n) is 9.84. The first-order valence-corrected chi connectivity index (χ1v) is 17.2. The quantitative estimate of drug-likeness (QED) is 0.192. The number of para-hydroxylation sites is 2. The van der Waals surface area contributed by atoms with Crippen molar-refractivity contribution >= 4 is 86.2 Å². The summed E-state index contributed by atoms with van der Waals surface area (Å²) in [6, 6.07) is 53.5. The van der Waals surface area contributed by atoms with Crippen LogP contribution in [0.1, 0.15) is 0 Å². The van der Waals surface area contributed by atoms with Crippen molar-refractivity contribution in [3.8, 4) is 28.3 Å². The number of hydrogen-bond acceptors (Lipinski definition) is 4. The first-order chi connectivity index (χ1) is 24.3. The third-order valence-corrected chi connectivity index (χ3v) is 11.0. The summed E-state index contributed by atoms with van der Waals surface area (Å²) in [6.07, 6.45) is 0. The largest absolute Gasteiger partial charge is 0.437 e. The molecule has 49 heavy (non-hydrogen) atoms. The monoisotopic (exact) mass is 643 g/mol. The summed E-state index contributed by atoms with van der Waals surface area (Å²) in [4.78, 5) is 10.7. The second-order valence-corrected chi connectivity index (χ2v) is 13.6. The van der Waals surface area contributed by atoms with E-state index in [1.165, 1.54) is 47.3 Å². The van der Waals surface area contributed by atoms with Crippen LogP contribution in [0.3, 0.4) is 0 Å². The van der Waals surface area contributed by atoms with Crippen molar-refractivity contribution in [1.29, 1.82) is 0 Å². The smallest absolute Gasteiger partial charge is 0.238 e. The minimum absolute atomic E-state index is 0.577. The molecule has 4 nitrogen and oxygen atoms in total. The van der Waals surface area contributed by atoms with Crippen molar-refractivity contribution in [3.05, 3.63) is 152 Å². The maximum absolute atomic E-state index is 6.51. The highest BCUT2D eigenvalue weighted by Crippen LogP contribution is 2.48. The second kappa shape index (κ2) is 10.1. The molecule has 0 fully saturated rings. The molecular formula is C44H25N3OS. The molecule has 0 aliphatic rings. The SMILES string of the molecule is c1ccc(-c2ccc(-c3nc(-n4c5ccccc5c5c6ccccc6c6c7ccccc7sc6c54)nc4oc5ccccc5c34)cc2)cc1. The van der Waals surface area contributed by atoms with Crippen LogP contribution in [-0.4, -0.2) is 14.5 Å². The summed E-state index contributed by atoms with van der Waals surface area (Å²) >= 11 is 1.84. The average molecular weight is 644 g/mol. The van der Waals surface area contributed by atoms with Crippen LogP contribution in [0.5, 0.6) is 0 Å². The van der Waals surface area contributed by atoms with Crippen molar-refractivity contribution in [3.63, 3.8) is 0 Å². The Kier molecular flexibility index (Phi) is 5.51. The van der Waals surface area contributed by atoms with Gasteiger partial charge in [0.2, 0.25) is 11.7 Å². The maximum atomic E-state index is 6.51. The molecule has 4 aromatic heterocycles. The van der Waals surface area contributed by atoms with Crippen LogP contribution in [0.25, 0.3) is 103 Å². The Bertz CT molecular complexity index is 3100. The van der Waals surface area contributed by atoms with Gasteiger partial charge < -0.3 is 4.42 Å². The predicted molar refractivity (Wildman–Crippen MR) is 205 cm³/mol. The van der Waals surface area contributed by atoms with Gasteiger partial charge in [-0.15, -0.1) is 11.3 Å². The standard InChI is InChI=1S/C44H25N3OS/c1-2-12-26(13-3-1)27-22-24-28(25-23-27)40-39-32-17-7-10-20-35(32)48-43(39)46-44(45-40)47-34-19-9-6-16-31(34)37-29-14-4-5-15-30(29)38-33-18-8-11-21-36(33)49-42(38)41(37)47/h1-25H. The van der Waals surface area contributed by atoms with Crippen molar-refractivity contribution in [2.75, 3.05) is 0 Å². The van der Waals surface area contributed by atoms with E-state index in [4.69, 9.17) is 14.4 Å². The van der Waals surface area contributed by atoms with Crippen LogP contribution in [0, 0.1) is 0 Å². The first kappa shape index (κ1) is 26.7. The van der Waals surface area contributed by atoms with Gasteiger partial charge in [0.1, 0.15) is 5.58 Å². The van der Waals surface area contributed by atoms with Gasteiger partial charge in [-0.2, -0.15) is 4.98 Å². The fraction of sp³-hybridized carbons (Fsp3) is 0. The molecule has 0 atom stereocenters. The van der Waals surface area contributed by atoms with Crippen molar-refractivity contribution in [1.82, 2.24) is 14.5 Å². The second-order valence-electron chi connectivity index (χ2n) is 12.5. The Hall–Kier alpha value is -6.30. The van der Waals surface area contributed by atoms with Crippen molar-refractivity contribution in [2.45, 2.75) is 0 Å². The lowest BCUT2D eigenvalue weighted by Gasteiger charge is -2.11. The van der Waals surface area contributed by atoms with E-state index < -0.39 is 0 Å².